The summed E-state index contributed by atoms with van der Waals surface area (Å²) in [5, 5.41) is 4.47. The van der Waals surface area contributed by atoms with Gasteiger partial charge in [-0.1, -0.05) is 28.9 Å². The van der Waals surface area contributed by atoms with Gasteiger partial charge in [-0.2, -0.15) is 4.98 Å². The van der Waals surface area contributed by atoms with Crippen molar-refractivity contribution in [3.8, 4) is 17.2 Å². The van der Waals surface area contributed by atoms with Gasteiger partial charge in [-0.05, 0) is 48.4 Å². The number of methoxy groups -OCH3 is 1. The SMILES string of the molecule is COc1ccc(-c2nc(COC(=O)CCc3cccc(Cl)c3)no2)cc1. The minimum atomic E-state index is -0.333. The van der Waals surface area contributed by atoms with Gasteiger partial charge < -0.3 is 14.0 Å². The highest BCUT2D eigenvalue weighted by molar-refractivity contribution is 6.30. The van der Waals surface area contributed by atoms with Crippen molar-refractivity contribution in [3.05, 3.63) is 64.9 Å². The van der Waals surface area contributed by atoms with E-state index in [1.54, 1.807) is 25.3 Å². The molecule has 0 radical (unpaired) electrons. The maximum Gasteiger partial charge on any atom is 0.306 e. The lowest BCUT2D eigenvalue weighted by molar-refractivity contribution is -0.145. The molecule has 26 heavy (non-hydrogen) atoms. The number of nitrogens with zero attached hydrogens (tertiary/aromatic N) is 2. The molecule has 0 fully saturated rings. The monoisotopic (exact) mass is 372 g/mol. The van der Waals surface area contributed by atoms with Gasteiger partial charge >= 0.3 is 5.97 Å². The van der Waals surface area contributed by atoms with E-state index in [0.29, 0.717) is 23.2 Å². The number of rotatable bonds is 7. The second-order valence-electron chi connectivity index (χ2n) is 5.53. The molecule has 3 rings (SSSR count). The molecule has 1 heterocycles. The van der Waals surface area contributed by atoms with Crippen molar-refractivity contribution in [2.45, 2.75) is 19.4 Å². The summed E-state index contributed by atoms with van der Waals surface area (Å²) in [6, 6.07) is 14.6. The number of carbonyl (C=O) groups excluding carboxylic acids is 1. The Balaban J connectivity index is 1.50. The van der Waals surface area contributed by atoms with E-state index in [0.717, 1.165) is 16.9 Å². The lowest BCUT2D eigenvalue weighted by atomic mass is 10.1. The Labute approximate surface area is 155 Å². The third-order valence-electron chi connectivity index (χ3n) is 3.67. The molecule has 0 unspecified atom stereocenters. The zero-order chi connectivity index (χ0) is 18.4. The summed E-state index contributed by atoms with van der Waals surface area (Å²) in [5.41, 5.74) is 1.74. The van der Waals surface area contributed by atoms with Crippen LogP contribution in [0.25, 0.3) is 11.5 Å². The van der Waals surface area contributed by atoms with Crippen LogP contribution in [0.15, 0.2) is 53.1 Å². The summed E-state index contributed by atoms with van der Waals surface area (Å²) in [5.74, 6) is 1.08. The smallest absolute Gasteiger partial charge is 0.306 e. The normalized spacial score (nSPS) is 10.5. The molecule has 0 bridgehead atoms. The summed E-state index contributed by atoms with van der Waals surface area (Å²) in [6.45, 7) is -0.0337. The number of benzene rings is 2. The van der Waals surface area contributed by atoms with E-state index in [1.807, 2.05) is 30.3 Å². The Bertz CT molecular complexity index is 877. The van der Waals surface area contributed by atoms with Crippen molar-refractivity contribution < 1.29 is 18.8 Å². The minimum absolute atomic E-state index is 0.0337. The number of esters is 1. The third kappa shape index (κ3) is 4.83. The second kappa shape index (κ2) is 8.49. The van der Waals surface area contributed by atoms with Gasteiger partial charge in [0.15, 0.2) is 6.61 Å². The molecule has 0 N–H and O–H groups in total. The van der Waals surface area contributed by atoms with E-state index in [9.17, 15) is 4.79 Å². The molecule has 1 aromatic heterocycles. The molecular weight excluding hydrogens is 356 g/mol. The van der Waals surface area contributed by atoms with E-state index >= 15 is 0 Å². The van der Waals surface area contributed by atoms with Crippen molar-refractivity contribution in [1.29, 1.82) is 0 Å². The molecule has 0 atom stereocenters. The summed E-state index contributed by atoms with van der Waals surface area (Å²) in [4.78, 5) is 16.1. The van der Waals surface area contributed by atoms with Crippen molar-refractivity contribution >= 4 is 17.6 Å². The van der Waals surface area contributed by atoms with Crippen LogP contribution in [0.3, 0.4) is 0 Å². The summed E-state index contributed by atoms with van der Waals surface area (Å²) in [7, 11) is 1.60. The topological polar surface area (TPSA) is 74.5 Å². The molecule has 2 aromatic carbocycles. The van der Waals surface area contributed by atoms with Crippen LogP contribution >= 0.6 is 11.6 Å². The van der Waals surface area contributed by atoms with Crippen LogP contribution in [0, 0.1) is 0 Å². The molecular formula is C19H17ClN2O4. The molecule has 0 spiro atoms. The fourth-order valence-corrected chi connectivity index (χ4v) is 2.53. The molecule has 0 amide bonds. The lowest BCUT2D eigenvalue weighted by Crippen LogP contribution is -2.06. The quantitative estimate of drug-likeness (QED) is 0.582. The predicted octanol–water partition coefficient (Wildman–Crippen LogP) is 4.07. The number of hydrogen-bond acceptors (Lipinski definition) is 6. The van der Waals surface area contributed by atoms with Gasteiger partial charge in [0.05, 0.1) is 7.11 Å². The largest absolute Gasteiger partial charge is 0.497 e. The van der Waals surface area contributed by atoms with Gasteiger partial charge in [0.2, 0.25) is 5.82 Å². The van der Waals surface area contributed by atoms with Gasteiger partial charge in [-0.15, -0.1) is 0 Å². The van der Waals surface area contributed by atoms with Crippen LogP contribution in [0.1, 0.15) is 17.8 Å². The first-order valence-electron chi connectivity index (χ1n) is 8.01. The number of aromatic nitrogens is 2. The van der Waals surface area contributed by atoms with Crippen LogP contribution in [0.4, 0.5) is 0 Å². The van der Waals surface area contributed by atoms with Gasteiger partial charge in [0.25, 0.3) is 5.89 Å². The van der Waals surface area contributed by atoms with Crippen LogP contribution in [0.5, 0.6) is 5.75 Å². The van der Waals surface area contributed by atoms with Gasteiger partial charge in [-0.25, -0.2) is 0 Å². The average Bonchev–Trinajstić information content (AvgIpc) is 3.14. The highest BCUT2D eigenvalue weighted by Gasteiger charge is 2.11. The molecule has 7 heteroatoms. The van der Waals surface area contributed by atoms with Crippen LogP contribution in [-0.4, -0.2) is 23.2 Å². The van der Waals surface area contributed by atoms with E-state index in [-0.39, 0.29) is 19.0 Å². The average molecular weight is 373 g/mol. The Morgan fingerprint density at radius 3 is 2.73 bits per heavy atom. The third-order valence-corrected chi connectivity index (χ3v) is 3.91. The zero-order valence-electron chi connectivity index (χ0n) is 14.1. The minimum Gasteiger partial charge on any atom is -0.497 e. The first-order valence-corrected chi connectivity index (χ1v) is 8.39. The van der Waals surface area contributed by atoms with Gasteiger partial charge in [0.1, 0.15) is 5.75 Å². The van der Waals surface area contributed by atoms with Gasteiger partial charge in [-0.3, -0.25) is 4.79 Å². The van der Waals surface area contributed by atoms with Crippen molar-refractivity contribution in [2.24, 2.45) is 0 Å². The second-order valence-corrected chi connectivity index (χ2v) is 5.97. The standard InChI is InChI=1S/C19H17ClN2O4/c1-24-16-8-6-14(7-9-16)19-21-17(22-26-19)12-25-18(23)10-5-13-3-2-4-15(20)11-13/h2-4,6-9,11H,5,10,12H2,1H3. The fraction of sp³-hybridized carbons (Fsp3) is 0.211. The number of carbonyl (C=O) groups is 1. The molecule has 0 saturated carbocycles. The number of hydrogen-bond donors (Lipinski definition) is 0. The van der Waals surface area contributed by atoms with Crippen LogP contribution < -0.4 is 4.74 Å². The molecule has 0 saturated heterocycles. The molecule has 3 aromatic rings. The fourth-order valence-electron chi connectivity index (χ4n) is 2.32. The Hall–Kier alpha value is -2.86. The lowest BCUT2D eigenvalue weighted by Gasteiger charge is -2.03. The molecule has 0 aliphatic carbocycles. The Morgan fingerprint density at radius 2 is 2.00 bits per heavy atom. The highest BCUT2D eigenvalue weighted by atomic mass is 35.5. The van der Waals surface area contributed by atoms with Gasteiger partial charge in [0, 0.05) is 17.0 Å². The summed E-state index contributed by atoms with van der Waals surface area (Å²) >= 11 is 5.92. The maximum absolute atomic E-state index is 11.9. The summed E-state index contributed by atoms with van der Waals surface area (Å²) in [6.07, 6.45) is 0.812. The van der Waals surface area contributed by atoms with E-state index < -0.39 is 0 Å². The highest BCUT2D eigenvalue weighted by Crippen LogP contribution is 2.20. The van der Waals surface area contributed by atoms with E-state index in [1.165, 1.54) is 0 Å². The van der Waals surface area contributed by atoms with Crippen LogP contribution in [-0.2, 0) is 22.6 Å². The molecule has 134 valence electrons. The van der Waals surface area contributed by atoms with Crippen molar-refractivity contribution in [1.82, 2.24) is 10.1 Å². The number of halogens is 1. The van der Waals surface area contributed by atoms with Crippen molar-refractivity contribution in [3.63, 3.8) is 0 Å². The Kier molecular flexibility index (Phi) is 5.86. The number of ether oxygens (including phenoxy) is 2. The molecule has 6 nitrogen and oxygen atoms in total. The predicted molar refractivity (Wildman–Crippen MR) is 95.9 cm³/mol. The van der Waals surface area contributed by atoms with E-state index in [4.69, 9.17) is 25.6 Å². The van der Waals surface area contributed by atoms with E-state index in [2.05, 4.69) is 10.1 Å². The first-order chi connectivity index (χ1) is 12.6. The first kappa shape index (κ1) is 17.9. The molecule has 0 aliphatic heterocycles. The Morgan fingerprint density at radius 1 is 1.19 bits per heavy atom. The number of aryl methyl sites for hydroxylation is 1. The van der Waals surface area contributed by atoms with Crippen LogP contribution in [0.2, 0.25) is 5.02 Å². The zero-order valence-corrected chi connectivity index (χ0v) is 14.9. The molecule has 0 aliphatic rings. The summed E-state index contributed by atoms with van der Waals surface area (Å²) < 4.78 is 15.5. The van der Waals surface area contributed by atoms with Crippen molar-refractivity contribution in [2.75, 3.05) is 7.11 Å². The maximum atomic E-state index is 11.9.